The van der Waals surface area contributed by atoms with E-state index in [2.05, 4.69) is 19.2 Å². The minimum absolute atomic E-state index is 0.0476. The zero-order valence-corrected chi connectivity index (χ0v) is 32.9. The molecule has 55 heavy (non-hydrogen) atoms. The van der Waals surface area contributed by atoms with Gasteiger partial charge in [-0.15, -0.1) is 4.40 Å². The number of para-hydroxylation sites is 2. The van der Waals surface area contributed by atoms with Crippen LogP contribution in [0.3, 0.4) is 0 Å². The lowest BCUT2D eigenvalue weighted by Gasteiger charge is -2.14. The predicted molar refractivity (Wildman–Crippen MR) is 198 cm³/mol. The Morgan fingerprint density at radius 2 is 1.31 bits per heavy atom. The Labute approximate surface area is 321 Å². The Balaban J connectivity index is 0.000000308. The Bertz CT molecular complexity index is 2180. The quantitative estimate of drug-likeness (QED) is 0.135. The average molecular weight is 831 g/mol. The number of esters is 2. The molecule has 3 amide bonds. The molecule has 0 bridgehead atoms. The number of phenolic OH excluding ortho intramolecular Hbond substituents is 2. The van der Waals surface area contributed by atoms with Crippen molar-refractivity contribution in [3.05, 3.63) is 68.1 Å². The van der Waals surface area contributed by atoms with Gasteiger partial charge in [0.2, 0.25) is 10.8 Å². The summed E-state index contributed by atoms with van der Waals surface area (Å²) in [5.74, 6) is -5.01. The van der Waals surface area contributed by atoms with Crippen molar-refractivity contribution in [3.63, 3.8) is 0 Å². The van der Waals surface area contributed by atoms with Crippen LogP contribution < -0.4 is 15.8 Å². The molecule has 6 N–H and O–H groups in total. The molecule has 2 aliphatic heterocycles. The van der Waals surface area contributed by atoms with Crippen molar-refractivity contribution in [2.24, 2.45) is 4.40 Å². The molecule has 0 radical (unpaired) electrons. The SMILES string of the molecule is CCOC(=O)C1=C(Cl)C(OCC)=NS1(=O)=O.CCOC(=O)C1=C(Nc2cccc(C(=O)N(C)C)c2O)C(=O)NS1(=O)=O.CN(C)C(=O)c1cccc(N)c1O. The molecule has 0 atom stereocenters. The maximum atomic E-state index is 12.1. The normalized spacial score (nSPS) is 14.9. The molecule has 0 aromatic heterocycles. The maximum Gasteiger partial charge on any atom is 0.354 e. The molecule has 2 aromatic carbocycles. The number of benzene rings is 2. The predicted octanol–water partition coefficient (Wildman–Crippen LogP) is 1.19. The molecule has 2 aliphatic rings. The van der Waals surface area contributed by atoms with Crippen LogP contribution in [-0.2, 0) is 48.6 Å². The number of nitrogen functional groups attached to an aromatic ring is 1. The van der Waals surface area contributed by atoms with E-state index < -0.39 is 65.1 Å². The van der Waals surface area contributed by atoms with Gasteiger partial charge in [0.15, 0.2) is 16.4 Å². The van der Waals surface area contributed by atoms with Crippen LogP contribution in [0.1, 0.15) is 41.5 Å². The maximum absolute atomic E-state index is 12.1. The van der Waals surface area contributed by atoms with Gasteiger partial charge in [-0.25, -0.2) is 22.7 Å². The number of anilines is 2. The van der Waals surface area contributed by atoms with Crippen LogP contribution in [0.4, 0.5) is 11.4 Å². The number of carbonyl (C=O) groups excluding carboxylic acids is 5. The highest BCUT2D eigenvalue weighted by Gasteiger charge is 2.42. The van der Waals surface area contributed by atoms with Crippen molar-refractivity contribution < 1.29 is 65.2 Å². The number of halogens is 1. The van der Waals surface area contributed by atoms with Gasteiger partial charge in [-0.2, -0.15) is 8.42 Å². The molecule has 0 saturated heterocycles. The number of hydrogen-bond donors (Lipinski definition) is 5. The van der Waals surface area contributed by atoms with Gasteiger partial charge in [0.25, 0.3) is 37.8 Å². The van der Waals surface area contributed by atoms with Crippen molar-refractivity contribution in [2.75, 3.05) is 59.1 Å². The molecular formula is C32H39ClN6O14S2. The number of nitrogens with two attached hydrogens (primary N) is 1. The van der Waals surface area contributed by atoms with E-state index >= 15 is 0 Å². The average Bonchev–Trinajstić information content (AvgIpc) is 3.47. The van der Waals surface area contributed by atoms with E-state index in [1.54, 1.807) is 44.8 Å². The van der Waals surface area contributed by atoms with Crippen LogP contribution in [0.25, 0.3) is 0 Å². The van der Waals surface area contributed by atoms with Crippen LogP contribution >= 0.6 is 11.6 Å². The van der Waals surface area contributed by atoms with E-state index in [4.69, 9.17) is 22.1 Å². The van der Waals surface area contributed by atoms with Gasteiger partial charge in [0.05, 0.1) is 42.3 Å². The minimum atomic E-state index is -4.39. The fourth-order valence-corrected chi connectivity index (χ4v) is 6.87. The summed E-state index contributed by atoms with van der Waals surface area (Å²) in [6, 6.07) is 8.80. The van der Waals surface area contributed by atoms with Crippen LogP contribution in [0.2, 0.25) is 0 Å². The number of nitrogens with zero attached hydrogens (tertiary/aromatic N) is 3. The monoisotopic (exact) mass is 830 g/mol. The van der Waals surface area contributed by atoms with Gasteiger partial charge < -0.3 is 45.3 Å². The molecule has 0 saturated carbocycles. The topological polar surface area (TPSA) is 291 Å². The molecule has 0 spiro atoms. The molecule has 0 aliphatic carbocycles. The van der Waals surface area contributed by atoms with Gasteiger partial charge in [-0.3, -0.25) is 14.4 Å². The third-order valence-electron chi connectivity index (χ3n) is 6.64. The summed E-state index contributed by atoms with van der Waals surface area (Å²) < 4.78 is 65.9. The highest BCUT2D eigenvalue weighted by molar-refractivity contribution is 7.95. The van der Waals surface area contributed by atoms with Crippen molar-refractivity contribution in [2.45, 2.75) is 20.8 Å². The minimum Gasteiger partial charge on any atom is -0.505 e. The molecule has 23 heteroatoms. The van der Waals surface area contributed by atoms with Gasteiger partial charge in [0.1, 0.15) is 10.7 Å². The standard InChI is InChI=1S/C15H17N3O7S.C9H12N2O2.C8H10ClNO5S/c1-4-25-15(22)12-10(13(20)17-26(12,23)24)16-9-7-5-6-8(11(9)19)14(21)18(2)3;1-11(2)9(13)6-4-3-5-7(10)8(6)12;1-3-14-7-5(9)6(8(11)15-4-2)16(12,13)10-7/h5-7,16,19H,4H2,1-3H3,(H,17,20);3-5,12H,10H2,1-2H3;3-4H2,1-2H3. The van der Waals surface area contributed by atoms with Crippen LogP contribution in [0, 0.1) is 0 Å². The highest BCUT2D eigenvalue weighted by Crippen LogP contribution is 2.32. The molecule has 4 rings (SSSR count). The van der Waals surface area contributed by atoms with Crippen molar-refractivity contribution >= 4 is 78.6 Å². The van der Waals surface area contributed by atoms with Crippen LogP contribution in [0.15, 0.2) is 61.3 Å². The zero-order chi connectivity index (χ0) is 42.0. The Hall–Kier alpha value is -5.87. The van der Waals surface area contributed by atoms with E-state index in [-0.39, 0.29) is 64.9 Å². The first kappa shape index (κ1) is 45.3. The summed E-state index contributed by atoms with van der Waals surface area (Å²) in [4.78, 5) is 59.8. The van der Waals surface area contributed by atoms with Crippen molar-refractivity contribution in [1.29, 1.82) is 0 Å². The number of sulfonamides is 2. The molecule has 0 fully saturated rings. The van der Waals surface area contributed by atoms with Gasteiger partial charge in [-0.1, -0.05) is 23.7 Å². The smallest absolute Gasteiger partial charge is 0.354 e. The van der Waals surface area contributed by atoms with E-state index in [0.717, 1.165) is 0 Å². The molecule has 0 unspecified atom stereocenters. The molecule has 20 nitrogen and oxygen atoms in total. The van der Waals surface area contributed by atoms with Crippen molar-refractivity contribution in [1.82, 2.24) is 14.5 Å². The second-order valence-corrected chi connectivity index (χ2v) is 14.5. The number of ether oxygens (including phenoxy) is 3. The third-order valence-corrected chi connectivity index (χ3v) is 9.75. The number of rotatable bonds is 9. The van der Waals surface area contributed by atoms with Crippen LogP contribution in [0.5, 0.6) is 11.5 Å². The second-order valence-electron chi connectivity index (χ2n) is 11.0. The number of carbonyl (C=O) groups is 5. The van der Waals surface area contributed by atoms with E-state index in [1.807, 2.05) is 0 Å². The summed E-state index contributed by atoms with van der Waals surface area (Å²) in [6.45, 7) is 4.81. The second kappa shape index (κ2) is 18.9. The fourth-order valence-electron chi connectivity index (χ4n) is 4.17. The summed E-state index contributed by atoms with van der Waals surface area (Å²) in [6.07, 6.45) is 0. The summed E-state index contributed by atoms with van der Waals surface area (Å²) in [5.41, 5.74) is 5.08. The number of aromatic hydroxyl groups is 2. The molecule has 300 valence electrons. The highest BCUT2D eigenvalue weighted by atomic mass is 35.5. The van der Waals surface area contributed by atoms with E-state index in [0.29, 0.717) is 0 Å². The Morgan fingerprint density at radius 1 is 0.818 bits per heavy atom. The molecular weight excluding hydrogens is 792 g/mol. The third kappa shape index (κ3) is 10.9. The summed E-state index contributed by atoms with van der Waals surface area (Å²) >= 11 is 5.68. The lowest BCUT2D eigenvalue weighted by Crippen LogP contribution is -2.26. The Morgan fingerprint density at radius 3 is 1.80 bits per heavy atom. The number of phenols is 2. The van der Waals surface area contributed by atoms with E-state index in [9.17, 15) is 51.0 Å². The Kier molecular flexibility index (Phi) is 15.6. The lowest BCUT2D eigenvalue weighted by atomic mass is 10.1. The first-order valence-electron chi connectivity index (χ1n) is 15.7. The largest absolute Gasteiger partial charge is 0.505 e. The van der Waals surface area contributed by atoms with Gasteiger partial charge in [-0.05, 0) is 45.0 Å². The van der Waals surface area contributed by atoms with Gasteiger partial charge >= 0.3 is 11.9 Å². The summed E-state index contributed by atoms with van der Waals surface area (Å²) in [7, 11) is -2.28. The number of hydrogen-bond acceptors (Lipinski definition) is 16. The molecule has 2 aromatic rings. The molecule has 2 heterocycles. The van der Waals surface area contributed by atoms with E-state index in [1.165, 1.54) is 55.1 Å². The van der Waals surface area contributed by atoms with Crippen LogP contribution in [-0.4, -0.2) is 120 Å². The van der Waals surface area contributed by atoms with Crippen molar-refractivity contribution in [3.8, 4) is 11.5 Å². The number of amides is 3. The first-order chi connectivity index (χ1) is 25.6. The summed E-state index contributed by atoms with van der Waals surface area (Å²) in [5, 5.41) is 21.8. The number of nitrogens with one attached hydrogen (secondary N) is 2. The lowest BCUT2D eigenvalue weighted by molar-refractivity contribution is -0.138. The first-order valence-corrected chi connectivity index (χ1v) is 19.0. The fraction of sp³-hybridized carbons (Fsp3) is 0.312. The zero-order valence-electron chi connectivity index (χ0n) is 30.5. The van der Waals surface area contributed by atoms with Gasteiger partial charge in [0, 0.05) is 28.2 Å².